The molecule has 0 atom stereocenters. The van der Waals surface area contributed by atoms with Gasteiger partial charge in [-0.2, -0.15) is 0 Å². The van der Waals surface area contributed by atoms with Gasteiger partial charge in [0.15, 0.2) is 23.1 Å². The fourth-order valence-electron chi connectivity index (χ4n) is 3.12. The number of pyridine rings is 1. The molecule has 4 N–H and O–H groups in total. The van der Waals surface area contributed by atoms with Crippen molar-refractivity contribution in [2.45, 2.75) is 65.7 Å². The molecule has 188 valence electrons. The molecule has 0 saturated heterocycles. The number of rotatable bonds is 7. The van der Waals surface area contributed by atoms with Gasteiger partial charge in [0.1, 0.15) is 27.9 Å². The van der Waals surface area contributed by atoms with Crippen molar-refractivity contribution in [1.29, 1.82) is 0 Å². The number of aromatic nitrogens is 5. The maximum absolute atomic E-state index is 11.8. The minimum Gasteiger partial charge on any atom is -0.490 e. The van der Waals surface area contributed by atoms with E-state index in [1.54, 1.807) is 40.8 Å². The third-order valence-electron chi connectivity index (χ3n) is 4.51. The molecule has 12 nitrogen and oxygen atoms in total. The fraction of sp³-hybridized carbons (Fsp3) is 0.522. The van der Waals surface area contributed by atoms with E-state index < -0.39 is 17.3 Å². The third-order valence-corrected chi connectivity index (χ3v) is 4.51. The molecule has 0 aliphatic carbocycles. The van der Waals surface area contributed by atoms with Crippen LogP contribution in [-0.2, 0) is 11.3 Å². The average molecular weight is 486 g/mol. The lowest BCUT2D eigenvalue weighted by Gasteiger charge is -2.19. The molecule has 0 bridgehead atoms. The van der Waals surface area contributed by atoms with Crippen molar-refractivity contribution in [2.75, 3.05) is 18.9 Å². The van der Waals surface area contributed by atoms with E-state index in [-0.39, 0.29) is 11.5 Å². The Kier molecular flexibility index (Phi) is 7.50. The van der Waals surface area contributed by atoms with E-state index in [1.165, 1.54) is 0 Å². The van der Waals surface area contributed by atoms with Gasteiger partial charge in [-0.3, -0.25) is 0 Å². The predicted molar refractivity (Wildman–Crippen MR) is 128 cm³/mol. The molecule has 1 amide bonds. The standard InChI is InChI=1S/C23H31N7O5/c1-7-30-18-15(33-12-8-11-25-21(31)34-22(2,3)4)13-26-14(9-10-23(5,6)32)16(18)27-20(30)17-19(24)29-35-28-17/h13,32H,7-8,11-12H2,1-6H3,(H2,24,29)(H,25,31). The number of alkyl carbamates (subject to hydrolysis) is 1. The van der Waals surface area contributed by atoms with E-state index in [4.69, 9.17) is 19.8 Å². The first-order valence-electron chi connectivity index (χ1n) is 11.2. The Labute approximate surface area is 203 Å². The number of imidazole rings is 1. The summed E-state index contributed by atoms with van der Waals surface area (Å²) >= 11 is 0. The van der Waals surface area contributed by atoms with E-state index in [0.29, 0.717) is 54.4 Å². The van der Waals surface area contributed by atoms with Crippen LogP contribution in [0.4, 0.5) is 10.6 Å². The van der Waals surface area contributed by atoms with Crippen LogP contribution in [-0.4, -0.2) is 60.4 Å². The number of nitrogens with zero attached hydrogens (tertiary/aromatic N) is 5. The van der Waals surface area contributed by atoms with Gasteiger partial charge in [-0.25, -0.2) is 19.4 Å². The van der Waals surface area contributed by atoms with Crippen molar-refractivity contribution in [3.8, 4) is 29.1 Å². The van der Waals surface area contributed by atoms with Crippen LogP contribution in [0.25, 0.3) is 22.6 Å². The first-order chi connectivity index (χ1) is 16.4. The molecule has 12 heteroatoms. The molecule has 3 aromatic heterocycles. The monoisotopic (exact) mass is 485 g/mol. The topological polar surface area (TPSA) is 163 Å². The molecule has 0 radical (unpaired) electrons. The molecule has 0 spiro atoms. The summed E-state index contributed by atoms with van der Waals surface area (Å²) in [6.07, 6.45) is 1.61. The highest BCUT2D eigenvalue weighted by atomic mass is 16.6. The Balaban J connectivity index is 1.89. The summed E-state index contributed by atoms with van der Waals surface area (Å²) < 4.78 is 17.8. The predicted octanol–water partition coefficient (Wildman–Crippen LogP) is 2.50. The number of nitrogens with two attached hydrogens (primary N) is 1. The van der Waals surface area contributed by atoms with Crippen molar-refractivity contribution in [3.63, 3.8) is 0 Å². The lowest BCUT2D eigenvalue weighted by Crippen LogP contribution is -2.33. The summed E-state index contributed by atoms with van der Waals surface area (Å²) in [7, 11) is 0. The number of anilines is 1. The van der Waals surface area contributed by atoms with Gasteiger partial charge in [0.2, 0.25) is 0 Å². The highest BCUT2D eigenvalue weighted by molar-refractivity contribution is 5.89. The number of hydrogen-bond donors (Lipinski definition) is 3. The van der Waals surface area contributed by atoms with Crippen molar-refractivity contribution in [3.05, 3.63) is 11.9 Å². The Hall–Kier alpha value is -3.85. The zero-order chi connectivity index (χ0) is 25.8. The van der Waals surface area contributed by atoms with E-state index in [2.05, 4.69) is 37.4 Å². The highest BCUT2D eigenvalue weighted by Gasteiger charge is 2.23. The number of carbonyl (C=O) groups excluding carboxylic acids is 1. The first kappa shape index (κ1) is 25.8. The van der Waals surface area contributed by atoms with E-state index >= 15 is 0 Å². The Morgan fingerprint density at radius 3 is 2.63 bits per heavy atom. The lowest BCUT2D eigenvalue weighted by molar-refractivity contribution is 0.0525. The molecule has 3 heterocycles. The zero-order valence-corrected chi connectivity index (χ0v) is 20.8. The largest absolute Gasteiger partial charge is 0.490 e. The molecule has 0 aliphatic rings. The second kappa shape index (κ2) is 10.2. The Bertz CT molecular complexity index is 1260. The number of hydrogen-bond acceptors (Lipinski definition) is 10. The SMILES string of the molecule is CCn1c(-c2nonc2N)nc2c(C#CC(C)(C)O)ncc(OCCCNC(=O)OC(C)(C)C)c21. The summed E-state index contributed by atoms with van der Waals surface area (Å²) in [4.78, 5) is 20.9. The van der Waals surface area contributed by atoms with Gasteiger partial charge >= 0.3 is 6.09 Å². The summed E-state index contributed by atoms with van der Waals surface area (Å²) in [6.45, 7) is 11.7. The number of aliphatic hydroxyl groups is 1. The van der Waals surface area contributed by atoms with Crippen molar-refractivity contribution in [1.82, 2.24) is 30.2 Å². The Morgan fingerprint density at radius 1 is 1.29 bits per heavy atom. The second-order valence-electron chi connectivity index (χ2n) is 9.29. The van der Waals surface area contributed by atoms with Gasteiger partial charge in [-0.1, -0.05) is 5.92 Å². The van der Waals surface area contributed by atoms with E-state index in [1.807, 2.05) is 11.5 Å². The minimum atomic E-state index is -1.21. The molecule has 0 saturated carbocycles. The second-order valence-corrected chi connectivity index (χ2v) is 9.29. The van der Waals surface area contributed by atoms with E-state index in [0.717, 1.165) is 0 Å². The minimum absolute atomic E-state index is 0.0998. The number of ether oxygens (including phenoxy) is 2. The molecule has 0 fully saturated rings. The summed E-state index contributed by atoms with van der Waals surface area (Å²) in [5.41, 5.74) is 5.90. The molecule has 35 heavy (non-hydrogen) atoms. The van der Waals surface area contributed by atoms with Crippen LogP contribution < -0.4 is 15.8 Å². The van der Waals surface area contributed by atoms with Crippen LogP contribution in [0.2, 0.25) is 0 Å². The van der Waals surface area contributed by atoms with Crippen LogP contribution in [0.1, 0.15) is 53.7 Å². The van der Waals surface area contributed by atoms with Gasteiger partial charge in [-0.05, 0) is 64.2 Å². The molecule has 0 unspecified atom stereocenters. The summed E-state index contributed by atoms with van der Waals surface area (Å²) in [5.74, 6) is 6.65. The van der Waals surface area contributed by atoms with Crippen LogP contribution >= 0.6 is 0 Å². The Morgan fingerprint density at radius 2 is 2.03 bits per heavy atom. The molecule has 0 aromatic carbocycles. The van der Waals surface area contributed by atoms with Crippen molar-refractivity contribution >= 4 is 22.9 Å². The van der Waals surface area contributed by atoms with E-state index in [9.17, 15) is 9.90 Å². The zero-order valence-electron chi connectivity index (χ0n) is 20.8. The average Bonchev–Trinajstić information content (AvgIpc) is 3.33. The number of nitrogens with one attached hydrogen (secondary N) is 1. The van der Waals surface area contributed by atoms with Crippen LogP contribution in [0.5, 0.6) is 5.75 Å². The maximum atomic E-state index is 11.8. The van der Waals surface area contributed by atoms with Gasteiger partial charge in [-0.15, -0.1) is 0 Å². The van der Waals surface area contributed by atoms with Crippen molar-refractivity contribution in [2.24, 2.45) is 0 Å². The first-order valence-corrected chi connectivity index (χ1v) is 11.2. The number of aryl methyl sites for hydroxylation is 1. The maximum Gasteiger partial charge on any atom is 0.407 e. The number of fused-ring (bicyclic) bond motifs is 1. The van der Waals surface area contributed by atoms with Gasteiger partial charge in [0.05, 0.1) is 12.8 Å². The van der Waals surface area contributed by atoms with Crippen LogP contribution in [0.3, 0.4) is 0 Å². The number of amides is 1. The van der Waals surface area contributed by atoms with Crippen molar-refractivity contribution < 1.29 is 24.0 Å². The smallest absolute Gasteiger partial charge is 0.407 e. The highest BCUT2D eigenvalue weighted by Crippen LogP contribution is 2.33. The fourth-order valence-corrected chi connectivity index (χ4v) is 3.12. The summed E-state index contributed by atoms with van der Waals surface area (Å²) in [6, 6.07) is 0. The quantitative estimate of drug-likeness (QED) is 0.334. The molecule has 0 aliphatic heterocycles. The normalized spacial score (nSPS) is 11.7. The van der Waals surface area contributed by atoms with Crippen LogP contribution in [0.15, 0.2) is 10.8 Å². The van der Waals surface area contributed by atoms with Crippen LogP contribution in [0, 0.1) is 11.8 Å². The number of nitrogen functional groups attached to an aromatic ring is 1. The number of carbonyl (C=O) groups is 1. The lowest BCUT2D eigenvalue weighted by atomic mass is 10.1. The molecule has 3 aromatic rings. The summed E-state index contributed by atoms with van der Waals surface area (Å²) in [5, 5.41) is 20.2. The molecule has 3 rings (SSSR count). The van der Waals surface area contributed by atoms with Gasteiger partial charge in [0, 0.05) is 13.1 Å². The molecular weight excluding hydrogens is 454 g/mol. The molecular formula is C23H31N7O5. The third kappa shape index (κ3) is 6.60. The van der Waals surface area contributed by atoms with Gasteiger partial charge in [0.25, 0.3) is 0 Å². The van der Waals surface area contributed by atoms with Gasteiger partial charge < -0.3 is 30.2 Å².